The molecule has 0 spiro atoms. The summed E-state index contributed by atoms with van der Waals surface area (Å²) in [6.45, 7) is 1.18. The second-order valence-electron chi connectivity index (χ2n) is 6.55. The van der Waals surface area contributed by atoms with Gasteiger partial charge >= 0.3 is 6.03 Å². The highest BCUT2D eigenvalue weighted by molar-refractivity contribution is 7.16. The molecule has 1 atom stereocenters. The van der Waals surface area contributed by atoms with Gasteiger partial charge in [-0.1, -0.05) is 6.07 Å². The van der Waals surface area contributed by atoms with Crippen molar-refractivity contribution in [1.29, 1.82) is 0 Å². The fourth-order valence-corrected chi connectivity index (χ4v) is 4.01. The quantitative estimate of drug-likeness (QED) is 0.583. The van der Waals surface area contributed by atoms with Crippen LogP contribution in [-0.4, -0.2) is 70.4 Å². The zero-order valence-corrected chi connectivity index (χ0v) is 16.6. The number of nitrogen functional groups attached to an aromatic ring is 1. The molecule has 0 bridgehead atoms. The molecule has 4 rings (SSSR count). The Hall–Kier alpha value is -3.18. The number of thiazole rings is 1. The molecule has 29 heavy (non-hydrogen) atoms. The summed E-state index contributed by atoms with van der Waals surface area (Å²) >= 11 is 1.39. The molecule has 1 aromatic carbocycles. The lowest BCUT2D eigenvalue weighted by atomic mass is 10.2. The van der Waals surface area contributed by atoms with Crippen LogP contribution in [0.15, 0.2) is 29.8 Å². The Morgan fingerprint density at radius 2 is 2.28 bits per heavy atom. The monoisotopic (exact) mass is 415 g/mol. The first kappa shape index (κ1) is 19.2. The number of piperazine rings is 1. The largest absolute Gasteiger partial charge is 0.497 e. The molecule has 152 valence electrons. The van der Waals surface area contributed by atoms with Gasteiger partial charge in [0.1, 0.15) is 11.3 Å². The number of ether oxygens (including phenoxy) is 1. The molecule has 1 aliphatic heterocycles. The van der Waals surface area contributed by atoms with Gasteiger partial charge in [-0.15, -0.1) is 11.3 Å². The first-order valence-corrected chi connectivity index (χ1v) is 9.91. The number of aliphatic hydroxyl groups excluding tert-OH is 1. The summed E-state index contributed by atoms with van der Waals surface area (Å²) in [6, 6.07) is 6.45. The van der Waals surface area contributed by atoms with Crippen LogP contribution in [0.2, 0.25) is 0 Å². The molecule has 4 N–H and O–H groups in total. The van der Waals surface area contributed by atoms with E-state index in [1.54, 1.807) is 41.8 Å². The molecule has 1 unspecified atom stereocenters. The number of nitrogens with zero attached hydrogens (tertiary/aromatic N) is 5. The maximum absolute atomic E-state index is 12.8. The number of anilines is 3. The van der Waals surface area contributed by atoms with Crippen LogP contribution in [0.1, 0.15) is 0 Å². The molecule has 1 aliphatic rings. The van der Waals surface area contributed by atoms with Crippen molar-refractivity contribution in [2.45, 2.75) is 6.04 Å². The summed E-state index contributed by atoms with van der Waals surface area (Å²) < 4.78 is 5.19. The molecule has 10 nitrogen and oxygen atoms in total. The van der Waals surface area contributed by atoms with Gasteiger partial charge in [-0.2, -0.15) is 4.98 Å². The number of nitrogens with one attached hydrogen (secondary N) is 1. The minimum atomic E-state index is -0.403. The predicted octanol–water partition coefficient (Wildman–Crippen LogP) is 1.39. The minimum absolute atomic E-state index is 0.176. The van der Waals surface area contributed by atoms with Gasteiger partial charge in [0.25, 0.3) is 0 Å². The normalized spacial score (nSPS) is 16.8. The van der Waals surface area contributed by atoms with E-state index in [1.807, 2.05) is 4.90 Å². The van der Waals surface area contributed by atoms with E-state index in [-0.39, 0.29) is 18.6 Å². The maximum atomic E-state index is 12.8. The number of urea groups is 1. The number of carbonyl (C=O) groups excluding carboxylic acids is 1. The first-order chi connectivity index (χ1) is 14.1. The molecule has 0 aliphatic carbocycles. The van der Waals surface area contributed by atoms with Crippen LogP contribution in [0.25, 0.3) is 10.3 Å². The Labute approximate surface area is 170 Å². The number of aromatic nitrogens is 3. The number of rotatable bonds is 4. The number of carbonyl (C=O) groups is 1. The van der Waals surface area contributed by atoms with Crippen molar-refractivity contribution in [3.8, 4) is 5.75 Å². The van der Waals surface area contributed by atoms with E-state index in [9.17, 15) is 9.90 Å². The van der Waals surface area contributed by atoms with Gasteiger partial charge in [0.05, 0.1) is 25.3 Å². The molecule has 1 saturated heterocycles. The van der Waals surface area contributed by atoms with Crippen molar-refractivity contribution in [1.82, 2.24) is 19.9 Å². The van der Waals surface area contributed by atoms with Crippen LogP contribution >= 0.6 is 11.3 Å². The minimum Gasteiger partial charge on any atom is -0.497 e. The Bertz CT molecular complexity index is 1030. The zero-order valence-electron chi connectivity index (χ0n) is 15.8. The van der Waals surface area contributed by atoms with Crippen LogP contribution in [0.5, 0.6) is 5.75 Å². The lowest BCUT2D eigenvalue weighted by Gasteiger charge is -2.41. The van der Waals surface area contributed by atoms with E-state index >= 15 is 0 Å². The summed E-state index contributed by atoms with van der Waals surface area (Å²) in [6.07, 6.45) is 0. The first-order valence-electron chi connectivity index (χ1n) is 9.03. The van der Waals surface area contributed by atoms with Gasteiger partial charge in [-0.3, -0.25) is 0 Å². The highest BCUT2D eigenvalue weighted by atomic mass is 32.1. The van der Waals surface area contributed by atoms with Crippen LogP contribution in [0.4, 0.5) is 22.2 Å². The van der Waals surface area contributed by atoms with Crippen molar-refractivity contribution < 1.29 is 14.6 Å². The Balaban J connectivity index is 1.51. The van der Waals surface area contributed by atoms with Gasteiger partial charge in [0, 0.05) is 31.4 Å². The highest BCUT2D eigenvalue weighted by Gasteiger charge is 2.32. The molecule has 0 saturated carbocycles. The van der Waals surface area contributed by atoms with Crippen molar-refractivity contribution in [3.05, 3.63) is 29.8 Å². The smallest absolute Gasteiger partial charge is 0.322 e. The summed E-state index contributed by atoms with van der Waals surface area (Å²) in [5, 5.41) is 12.8. The molecular formula is C18H21N7O3S. The molecule has 3 heterocycles. The maximum Gasteiger partial charge on any atom is 0.322 e. The topological polar surface area (TPSA) is 130 Å². The lowest BCUT2D eigenvalue weighted by molar-refractivity contribution is 0.132. The SMILES string of the molecule is COc1cccc(NC(=O)N2CCN(c3nc(N)nc4scnc34)CC2CO)c1. The molecule has 2 amide bonds. The zero-order chi connectivity index (χ0) is 20.4. The molecule has 3 aromatic rings. The van der Waals surface area contributed by atoms with Gasteiger partial charge < -0.3 is 30.7 Å². The summed E-state index contributed by atoms with van der Waals surface area (Å²) in [7, 11) is 1.57. The van der Waals surface area contributed by atoms with E-state index in [2.05, 4.69) is 20.3 Å². The fraction of sp³-hybridized carbons (Fsp3) is 0.333. The van der Waals surface area contributed by atoms with Gasteiger partial charge in [-0.05, 0) is 12.1 Å². The number of hydrogen-bond acceptors (Lipinski definition) is 9. The molecule has 1 fully saturated rings. The molecule has 11 heteroatoms. The molecule has 2 aromatic heterocycles. The average molecular weight is 415 g/mol. The second-order valence-corrected chi connectivity index (χ2v) is 7.38. The standard InChI is InChI=1S/C18H21N7O3S/c1-28-13-4-2-3-11(7-13)21-18(27)25-6-5-24(8-12(25)9-26)15-14-16(29-10-20-14)23-17(19)22-15/h2-4,7,10,12,26H,5-6,8-9H2,1H3,(H,21,27)(H2,19,22,23). The van der Waals surface area contributed by atoms with E-state index in [0.29, 0.717) is 47.2 Å². The number of hydrogen-bond donors (Lipinski definition) is 3. The third kappa shape index (κ3) is 3.87. The number of aliphatic hydroxyl groups is 1. The van der Waals surface area contributed by atoms with Crippen molar-refractivity contribution in [3.63, 3.8) is 0 Å². The highest BCUT2D eigenvalue weighted by Crippen LogP contribution is 2.28. The van der Waals surface area contributed by atoms with E-state index < -0.39 is 6.04 Å². The van der Waals surface area contributed by atoms with Crippen LogP contribution in [0, 0.1) is 0 Å². The van der Waals surface area contributed by atoms with Gasteiger partial charge in [-0.25, -0.2) is 14.8 Å². The Morgan fingerprint density at radius 3 is 3.07 bits per heavy atom. The number of nitrogens with two attached hydrogens (primary N) is 1. The van der Waals surface area contributed by atoms with Gasteiger partial charge in [0.15, 0.2) is 10.6 Å². The van der Waals surface area contributed by atoms with E-state index in [0.717, 1.165) is 0 Å². The third-order valence-corrected chi connectivity index (χ3v) is 5.49. The molecule has 0 radical (unpaired) electrons. The van der Waals surface area contributed by atoms with Crippen molar-refractivity contribution in [2.24, 2.45) is 0 Å². The third-order valence-electron chi connectivity index (χ3n) is 4.77. The Kier molecular flexibility index (Phi) is 5.32. The summed E-state index contributed by atoms with van der Waals surface area (Å²) in [5.74, 6) is 1.45. The van der Waals surface area contributed by atoms with Crippen molar-refractivity contribution >= 4 is 45.2 Å². The average Bonchev–Trinajstić information content (AvgIpc) is 3.21. The predicted molar refractivity (Wildman–Crippen MR) is 111 cm³/mol. The van der Waals surface area contributed by atoms with E-state index in [1.165, 1.54) is 11.3 Å². The van der Waals surface area contributed by atoms with Crippen LogP contribution in [0.3, 0.4) is 0 Å². The second kappa shape index (κ2) is 8.05. The van der Waals surface area contributed by atoms with Crippen LogP contribution in [-0.2, 0) is 0 Å². The number of benzene rings is 1. The summed E-state index contributed by atoms with van der Waals surface area (Å²) in [5.41, 5.74) is 8.84. The van der Waals surface area contributed by atoms with Crippen LogP contribution < -0.4 is 20.7 Å². The number of amides is 2. The van der Waals surface area contributed by atoms with E-state index in [4.69, 9.17) is 10.5 Å². The summed E-state index contributed by atoms with van der Waals surface area (Å²) in [4.78, 5) is 30.0. The van der Waals surface area contributed by atoms with Crippen molar-refractivity contribution in [2.75, 3.05) is 49.3 Å². The number of methoxy groups -OCH3 is 1. The number of fused-ring (bicyclic) bond motifs is 1. The Morgan fingerprint density at radius 1 is 1.41 bits per heavy atom. The lowest BCUT2D eigenvalue weighted by Crippen LogP contribution is -2.58. The fourth-order valence-electron chi connectivity index (χ4n) is 3.35. The molecular weight excluding hydrogens is 394 g/mol. The van der Waals surface area contributed by atoms with Gasteiger partial charge in [0.2, 0.25) is 5.95 Å².